The number of urea groups is 1. The molecule has 0 bridgehead atoms. The number of nitrogens with zero attached hydrogens (tertiary/aromatic N) is 3. The van der Waals surface area contributed by atoms with Crippen molar-refractivity contribution in [3.63, 3.8) is 0 Å². The SMILES string of the molecule is COc1cccc(C2C(c3ccc(Cl)cc3)N=C3c4c(OC(C)C)cc(OC)c5c4N(CC(=O)N5)C(=O)N32)c1. The summed E-state index contributed by atoms with van der Waals surface area (Å²) >= 11 is 6.21. The van der Waals surface area contributed by atoms with Crippen LogP contribution in [0.4, 0.5) is 16.2 Å². The van der Waals surface area contributed by atoms with Crippen LogP contribution in [-0.2, 0) is 4.79 Å². The summed E-state index contributed by atoms with van der Waals surface area (Å²) in [6.07, 6.45) is -0.162. The molecule has 10 heteroatoms. The number of rotatable bonds is 6. The van der Waals surface area contributed by atoms with Gasteiger partial charge in [-0.2, -0.15) is 0 Å². The molecule has 0 saturated heterocycles. The number of hydrogen-bond donors (Lipinski definition) is 1. The van der Waals surface area contributed by atoms with Gasteiger partial charge in [0, 0.05) is 11.1 Å². The maximum absolute atomic E-state index is 14.3. The second kappa shape index (κ2) is 9.50. The Hall–Kier alpha value is -4.24. The molecule has 3 aliphatic rings. The Balaban J connectivity index is 1.63. The Morgan fingerprint density at radius 3 is 2.46 bits per heavy atom. The maximum atomic E-state index is 14.3. The van der Waals surface area contributed by atoms with Crippen LogP contribution >= 0.6 is 11.6 Å². The third-order valence-corrected chi connectivity index (χ3v) is 7.27. The van der Waals surface area contributed by atoms with E-state index in [0.29, 0.717) is 45.0 Å². The molecule has 0 spiro atoms. The molecule has 3 heterocycles. The summed E-state index contributed by atoms with van der Waals surface area (Å²) in [4.78, 5) is 35.4. The van der Waals surface area contributed by atoms with E-state index in [0.717, 1.165) is 11.1 Å². The van der Waals surface area contributed by atoms with E-state index < -0.39 is 12.1 Å². The Bertz CT molecular complexity index is 1520. The van der Waals surface area contributed by atoms with Crippen LogP contribution in [0.25, 0.3) is 0 Å². The fraction of sp³-hybridized carbons (Fsp3) is 0.276. The van der Waals surface area contributed by atoms with Crippen LogP contribution in [0.15, 0.2) is 59.6 Å². The summed E-state index contributed by atoms with van der Waals surface area (Å²) in [5.74, 6) is 1.73. The first-order chi connectivity index (χ1) is 18.8. The van der Waals surface area contributed by atoms with Crippen LogP contribution in [-0.4, -0.2) is 49.5 Å². The number of carbonyl (C=O) groups is 2. The number of carbonyl (C=O) groups excluding carboxylic acids is 2. The van der Waals surface area contributed by atoms with Crippen molar-refractivity contribution in [2.45, 2.75) is 32.0 Å². The first-order valence-electron chi connectivity index (χ1n) is 12.6. The van der Waals surface area contributed by atoms with Gasteiger partial charge in [0.25, 0.3) is 0 Å². The molecule has 2 atom stereocenters. The number of aliphatic imine (C=N–C) groups is 1. The van der Waals surface area contributed by atoms with E-state index in [1.165, 1.54) is 12.0 Å². The molecule has 0 radical (unpaired) electrons. The number of amides is 3. The van der Waals surface area contributed by atoms with Crippen molar-refractivity contribution in [1.29, 1.82) is 0 Å². The van der Waals surface area contributed by atoms with Gasteiger partial charge in [0.1, 0.15) is 41.4 Å². The van der Waals surface area contributed by atoms with Gasteiger partial charge in [0.2, 0.25) is 5.91 Å². The van der Waals surface area contributed by atoms with E-state index in [1.807, 2.05) is 62.4 Å². The van der Waals surface area contributed by atoms with Crippen molar-refractivity contribution in [3.05, 3.63) is 76.3 Å². The molecule has 0 aliphatic carbocycles. The lowest BCUT2D eigenvalue weighted by molar-refractivity contribution is -0.115. The summed E-state index contributed by atoms with van der Waals surface area (Å²) in [7, 11) is 3.12. The number of halogens is 1. The molecule has 3 aromatic carbocycles. The van der Waals surface area contributed by atoms with Crippen LogP contribution in [0, 0.1) is 0 Å². The molecule has 39 heavy (non-hydrogen) atoms. The lowest BCUT2D eigenvalue weighted by Crippen LogP contribution is -2.55. The lowest BCUT2D eigenvalue weighted by Gasteiger charge is -2.42. The summed E-state index contributed by atoms with van der Waals surface area (Å²) in [5.41, 5.74) is 3.29. The third kappa shape index (κ3) is 4.04. The molecule has 1 N–H and O–H groups in total. The Morgan fingerprint density at radius 1 is 1.00 bits per heavy atom. The lowest BCUT2D eigenvalue weighted by atomic mass is 9.93. The smallest absolute Gasteiger partial charge is 0.331 e. The van der Waals surface area contributed by atoms with E-state index in [9.17, 15) is 9.59 Å². The number of amidine groups is 1. The molecule has 6 rings (SSSR count). The predicted octanol–water partition coefficient (Wildman–Crippen LogP) is 5.58. The van der Waals surface area contributed by atoms with Crippen molar-refractivity contribution in [3.8, 4) is 17.2 Å². The van der Waals surface area contributed by atoms with Gasteiger partial charge in [-0.15, -0.1) is 0 Å². The van der Waals surface area contributed by atoms with Crippen molar-refractivity contribution >= 4 is 40.7 Å². The highest BCUT2D eigenvalue weighted by Gasteiger charge is 2.51. The number of methoxy groups -OCH3 is 2. The van der Waals surface area contributed by atoms with Gasteiger partial charge < -0.3 is 19.5 Å². The average molecular weight is 547 g/mol. The van der Waals surface area contributed by atoms with Crippen LogP contribution in [0.2, 0.25) is 5.02 Å². The molecular weight excluding hydrogens is 520 g/mol. The van der Waals surface area contributed by atoms with E-state index in [2.05, 4.69) is 5.32 Å². The highest BCUT2D eigenvalue weighted by molar-refractivity contribution is 6.30. The van der Waals surface area contributed by atoms with Gasteiger partial charge in [-0.25, -0.2) is 4.79 Å². The minimum Gasteiger partial charge on any atom is -0.497 e. The fourth-order valence-corrected chi connectivity index (χ4v) is 5.56. The van der Waals surface area contributed by atoms with E-state index in [1.54, 1.807) is 18.1 Å². The largest absolute Gasteiger partial charge is 0.497 e. The number of hydrogen-bond acceptors (Lipinski definition) is 6. The minimum atomic E-state index is -0.514. The first-order valence-corrected chi connectivity index (χ1v) is 13.0. The molecule has 0 aromatic heterocycles. The third-order valence-electron chi connectivity index (χ3n) is 7.02. The minimum absolute atomic E-state index is 0.145. The van der Waals surface area contributed by atoms with Crippen LogP contribution in [0.5, 0.6) is 17.2 Å². The molecule has 3 amide bonds. The Labute approximate surface area is 230 Å². The van der Waals surface area contributed by atoms with Crippen molar-refractivity contribution in [1.82, 2.24) is 4.90 Å². The quantitative estimate of drug-likeness (QED) is 0.435. The van der Waals surface area contributed by atoms with Gasteiger partial charge in [-0.1, -0.05) is 35.9 Å². The van der Waals surface area contributed by atoms with Gasteiger partial charge in [0.15, 0.2) is 0 Å². The van der Waals surface area contributed by atoms with Gasteiger partial charge in [0.05, 0.1) is 37.6 Å². The standard InChI is InChI=1S/C29H27ClN4O5/c1-15(2)39-20-13-21(38-4)25-27-23(20)28-32-24(16-8-10-18(30)11-9-16)26(17-6-5-7-19(12-17)37-3)34(28)29(36)33(27)14-22(35)31-25/h5-13,15,24,26H,14H2,1-4H3,(H,31,35). The van der Waals surface area contributed by atoms with Gasteiger partial charge in [-0.3, -0.25) is 19.6 Å². The zero-order chi connectivity index (χ0) is 27.4. The molecule has 2 unspecified atom stereocenters. The zero-order valence-corrected chi connectivity index (χ0v) is 22.7. The number of benzene rings is 3. The van der Waals surface area contributed by atoms with E-state index in [4.69, 9.17) is 30.8 Å². The van der Waals surface area contributed by atoms with Crippen LogP contribution < -0.4 is 24.4 Å². The molecule has 3 aromatic rings. The molecular formula is C29H27ClN4O5. The van der Waals surface area contributed by atoms with Crippen molar-refractivity contribution in [2.75, 3.05) is 31.0 Å². The second-order valence-corrected chi connectivity index (χ2v) is 10.2. The van der Waals surface area contributed by atoms with Crippen molar-refractivity contribution < 1.29 is 23.8 Å². The topological polar surface area (TPSA) is 92.7 Å². The zero-order valence-electron chi connectivity index (χ0n) is 21.9. The Morgan fingerprint density at radius 2 is 1.77 bits per heavy atom. The van der Waals surface area contributed by atoms with Crippen molar-refractivity contribution in [2.24, 2.45) is 4.99 Å². The number of fused-ring (bicyclic) bond motifs is 2. The molecule has 3 aliphatic heterocycles. The highest BCUT2D eigenvalue weighted by Crippen LogP contribution is 2.54. The van der Waals surface area contributed by atoms with Gasteiger partial charge >= 0.3 is 6.03 Å². The number of nitrogens with one attached hydrogen (secondary N) is 1. The first kappa shape index (κ1) is 25.1. The molecule has 9 nitrogen and oxygen atoms in total. The maximum Gasteiger partial charge on any atom is 0.331 e. The predicted molar refractivity (Wildman–Crippen MR) is 148 cm³/mol. The van der Waals surface area contributed by atoms with Gasteiger partial charge in [-0.05, 0) is 49.2 Å². The highest BCUT2D eigenvalue weighted by atomic mass is 35.5. The average Bonchev–Trinajstić information content (AvgIpc) is 3.32. The van der Waals surface area contributed by atoms with Crippen LogP contribution in [0.1, 0.15) is 42.6 Å². The Kier molecular flexibility index (Phi) is 6.10. The number of ether oxygens (including phenoxy) is 3. The number of anilines is 2. The summed E-state index contributed by atoms with van der Waals surface area (Å²) < 4.78 is 17.4. The van der Waals surface area contributed by atoms with E-state index >= 15 is 0 Å². The summed E-state index contributed by atoms with van der Waals surface area (Å²) in [5, 5.41) is 3.49. The normalized spacial score (nSPS) is 19.4. The molecule has 0 saturated carbocycles. The summed E-state index contributed by atoms with van der Waals surface area (Å²) in [6, 6.07) is 15.5. The van der Waals surface area contributed by atoms with Crippen LogP contribution in [0.3, 0.4) is 0 Å². The fourth-order valence-electron chi connectivity index (χ4n) is 5.44. The molecule has 0 fully saturated rings. The second-order valence-electron chi connectivity index (χ2n) is 9.80. The summed E-state index contributed by atoms with van der Waals surface area (Å²) in [6.45, 7) is 3.71. The van der Waals surface area contributed by atoms with E-state index in [-0.39, 0.29) is 24.6 Å². The molecule has 200 valence electrons. The monoisotopic (exact) mass is 546 g/mol.